The van der Waals surface area contributed by atoms with E-state index in [9.17, 15) is 9.59 Å². The quantitative estimate of drug-likeness (QED) is 0.866. The van der Waals surface area contributed by atoms with Crippen molar-refractivity contribution >= 4 is 35.0 Å². The summed E-state index contributed by atoms with van der Waals surface area (Å²) in [5.41, 5.74) is 0.0216. The molecule has 0 saturated carbocycles. The Morgan fingerprint density at radius 1 is 1.50 bits per heavy atom. The smallest absolute Gasteiger partial charge is 0.355 e. The largest absolute Gasteiger partial charge is 0.476 e. The van der Waals surface area contributed by atoms with E-state index in [2.05, 4.69) is 10.3 Å². The molecule has 1 amide bonds. The molecule has 0 bridgehead atoms. The first kappa shape index (κ1) is 15.0. The van der Waals surface area contributed by atoms with Gasteiger partial charge >= 0.3 is 5.97 Å². The molecule has 0 atom stereocenters. The van der Waals surface area contributed by atoms with Gasteiger partial charge in [-0.25, -0.2) is 9.78 Å². The predicted molar refractivity (Wildman–Crippen MR) is 73.1 cm³/mol. The fraction of sp³-hybridized carbons (Fsp3) is 0.545. The Labute approximate surface area is 114 Å². The average Bonchev–Trinajstić information content (AvgIpc) is 2.71. The van der Waals surface area contributed by atoms with Crippen molar-refractivity contribution in [2.45, 2.75) is 32.1 Å². The number of thiazole rings is 1. The SMILES string of the molecule is CC(C)(C)SCC(=O)NCc1nc(C(=O)O)cs1. The molecule has 100 valence electrons. The van der Waals surface area contributed by atoms with Crippen molar-refractivity contribution in [2.75, 3.05) is 5.75 Å². The van der Waals surface area contributed by atoms with Crippen LogP contribution in [0.5, 0.6) is 0 Å². The van der Waals surface area contributed by atoms with Crippen molar-refractivity contribution in [3.05, 3.63) is 16.1 Å². The number of amides is 1. The lowest BCUT2D eigenvalue weighted by Gasteiger charge is -2.16. The lowest BCUT2D eigenvalue weighted by Crippen LogP contribution is -2.26. The highest BCUT2D eigenvalue weighted by atomic mass is 32.2. The van der Waals surface area contributed by atoms with Gasteiger partial charge in [-0.1, -0.05) is 20.8 Å². The summed E-state index contributed by atoms with van der Waals surface area (Å²) in [4.78, 5) is 26.0. The molecule has 7 heteroatoms. The van der Waals surface area contributed by atoms with Gasteiger partial charge in [-0.05, 0) is 0 Å². The number of hydrogen-bond donors (Lipinski definition) is 2. The number of carboxylic acids is 1. The van der Waals surface area contributed by atoms with Crippen LogP contribution in [-0.4, -0.2) is 32.5 Å². The molecule has 1 rings (SSSR count). The molecule has 0 aliphatic rings. The van der Waals surface area contributed by atoms with Gasteiger partial charge in [-0.2, -0.15) is 0 Å². The average molecular weight is 288 g/mol. The van der Waals surface area contributed by atoms with Crippen LogP contribution in [0.2, 0.25) is 0 Å². The molecule has 0 spiro atoms. The van der Waals surface area contributed by atoms with Crippen LogP contribution >= 0.6 is 23.1 Å². The van der Waals surface area contributed by atoms with Gasteiger partial charge in [0.25, 0.3) is 0 Å². The van der Waals surface area contributed by atoms with Crippen LogP contribution in [0.3, 0.4) is 0 Å². The van der Waals surface area contributed by atoms with E-state index in [0.717, 1.165) is 0 Å². The molecule has 0 aliphatic carbocycles. The summed E-state index contributed by atoms with van der Waals surface area (Å²) in [5.74, 6) is -0.727. The summed E-state index contributed by atoms with van der Waals surface area (Å²) in [5, 5.41) is 13.5. The molecular weight excluding hydrogens is 272 g/mol. The van der Waals surface area contributed by atoms with Crippen LogP contribution in [0, 0.1) is 0 Å². The Bertz CT molecular complexity index is 438. The Morgan fingerprint density at radius 2 is 2.17 bits per heavy atom. The van der Waals surface area contributed by atoms with Gasteiger partial charge in [0.15, 0.2) is 5.69 Å². The zero-order valence-electron chi connectivity index (χ0n) is 10.5. The van der Waals surface area contributed by atoms with E-state index in [1.807, 2.05) is 20.8 Å². The molecule has 0 fully saturated rings. The van der Waals surface area contributed by atoms with Gasteiger partial charge in [0.1, 0.15) is 5.01 Å². The standard InChI is InChI=1S/C11H16N2O3S2/c1-11(2,3)18-6-8(14)12-4-9-13-7(5-17-9)10(15)16/h5H,4,6H2,1-3H3,(H,12,14)(H,15,16). The fourth-order valence-corrected chi connectivity index (χ4v) is 2.37. The topological polar surface area (TPSA) is 79.3 Å². The van der Waals surface area contributed by atoms with Gasteiger partial charge in [0.05, 0.1) is 12.3 Å². The van der Waals surface area contributed by atoms with Crippen molar-refractivity contribution in [1.29, 1.82) is 0 Å². The van der Waals surface area contributed by atoms with Crippen molar-refractivity contribution in [2.24, 2.45) is 0 Å². The molecule has 5 nitrogen and oxygen atoms in total. The van der Waals surface area contributed by atoms with Crippen LogP contribution in [-0.2, 0) is 11.3 Å². The van der Waals surface area contributed by atoms with E-state index in [1.165, 1.54) is 16.7 Å². The minimum Gasteiger partial charge on any atom is -0.476 e. The normalized spacial score (nSPS) is 11.3. The lowest BCUT2D eigenvalue weighted by atomic mass is 10.3. The van der Waals surface area contributed by atoms with Gasteiger partial charge in [0.2, 0.25) is 5.91 Å². The third-order valence-electron chi connectivity index (χ3n) is 1.84. The third-order valence-corrected chi connectivity index (χ3v) is 3.97. The number of rotatable bonds is 5. The van der Waals surface area contributed by atoms with E-state index in [1.54, 1.807) is 11.8 Å². The number of nitrogens with zero attached hydrogens (tertiary/aromatic N) is 1. The highest BCUT2D eigenvalue weighted by Gasteiger charge is 2.14. The second kappa shape index (κ2) is 6.19. The summed E-state index contributed by atoms with van der Waals surface area (Å²) >= 11 is 2.79. The van der Waals surface area contributed by atoms with Gasteiger partial charge in [-0.3, -0.25) is 4.79 Å². The summed E-state index contributed by atoms with van der Waals surface area (Å²) in [6.45, 7) is 6.42. The fourth-order valence-electron chi connectivity index (χ4n) is 0.998. The van der Waals surface area contributed by atoms with Gasteiger partial charge in [0, 0.05) is 10.1 Å². The van der Waals surface area contributed by atoms with E-state index in [4.69, 9.17) is 5.11 Å². The second-order valence-electron chi connectivity index (χ2n) is 4.61. The predicted octanol–water partition coefficient (Wildman–Crippen LogP) is 1.99. The number of aromatic nitrogens is 1. The summed E-state index contributed by atoms with van der Waals surface area (Å²) in [6.07, 6.45) is 0. The molecule has 0 aromatic carbocycles. The maximum Gasteiger partial charge on any atom is 0.355 e. The van der Waals surface area contributed by atoms with Crippen LogP contribution in [0.4, 0.5) is 0 Å². The maximum atomic E-state index is 11.5. The number of hydrogen-bond acceptors (Lipinski definition) is 5. The second-order valence-corrected chi connectivity index (χ2v) is 7.35. The summed E-state index contributed by atoms with van der Waals surface area (Å²) in [7, 11) is 0. The molecule has 0 saturated heterocycles. The molecule has 18 heavy (non-hydrogen) atoms. The first-order chi connectivity index (χ1) is 8.28. The first-order valence-electron chi connectivity index (χ1n) is 5.36. The molecular formula is C11H16N2O3S2. The highest BCUT2D eigenvalue weighted by Crippen LogP contribution is 2.22. The molecule has 2 N–H and O–H groups in total. The number of carbonyl (C=O) groups is 2. The summed E-state index contributed by atoms with van der Waals surface area (Å²) < 4.78 is 0.0506. The minimum atomic E-state index is -1.05. The van der Waals surface area contributed by atoms with Crippen LogP contribution in [0.1, 0.15) is 36.3 Å². The van der Waals surface area contributed by atoms with Gasteiger partial charge in [-0.15, -0.1) is 23.1 Å². The van der Waals surface area contributed by atoms with Crippen molar-refractivity contribution in [3.8, 4) is 0 Å². The van der Waals surface area contributed by atoms with E-state index >= 15 is 0 Å². The summed E-state index contributed by atoms with van der Waals surface area (Å²) in [6, 6.07) is 0. The molecule has 1 aromatic heterocycles. The van der Waals surface area contributed by atoms with Crippen LogP contribution < -0.4 is 5.32 Å². The Hall–Kier alpha value is -1.08. The lowest BCUT2D eigenvalue weighted by molar-refractivity contribution is -0.118. The number of carboxylic acid groups (broad SMARTS) is 1. The van der Waals surface area contributed by atoms with E-state index < -0.39 is 5.97 Å². The van der Waals surface area contributed by atoms with Crippen molar-refractivity contribution < 1.29 is 14.7 Å². The molecule has 0 unspecified atom stereocenters. The number of nitrogens with one attached hydrogen (secondary N) is 1. The molecule has 1 heterocycles. The van der Waals surface area contributed by atoms with Crippen molar-refractivity contribution in [3.63, 3.8) is 0 Å². The molecule has 0 radical (unpaired) electrons. The van der Waals surface area contributed by atoms with Crippen LogP contribution in [0.15, 0.2) is 5.38 Å². The molecule has 1 aromatic rings. The van der Waals surface area contributed by atoms with E-state index in [0.29, 0.717) is 10.8 Å². The van der Waals surface area contributed by atoms with Gasteiger partial charge < -0.3 is 10.4 Å². The third kappa shape index (κ3) is 5.50. The number of thioether (sulfide) groups is 1. The Morgan fingerprint density at radius 3 is 2.67 bits per heavy atom. The Balaban J connectivity index is 2.36. The van der Waals surface area contributed by atoms with Crippen LogP contribution in [0.25, 0.3) is 0 Å². The number of aromatic carboxylic acids is 1. The zero-order valence-corrected chi connectivity index (χ0v) is 12.2. The number of carbonyl (C=O) groups excluding carboxylic acids is 1. The zero-order chi connectivity index (χ0) is 13.8. The van der Waals surface area contributed by atoms with Crippen molar-refractivity contribution in [1.82, 2.24) is 10.3 Å². The molecule has 0 aliphatic heterocycles. The highest BCUT2D eigenvalue weighted by molar-refractivity contribution is 8.01. The first-order valence-corrected chi connectivity index (χ1v) is 7.23. The maximum absolute atomic E-state index is 11.5. The Kier molecular flexibility index (Phi) is 5.15. The minimum absolute atomic E-state index is 0.0216. The monoisotopic (exact) mass is 288 g/mol. The van der Waals surface area contributed by atoms with E-state index in [-0.39, 0.29) is 22.9 Å².